The second-order valence-electron chi connectivity index (χ2n) is 10.9. The van der Waals surface area contributed by atoms with Crippen LogP contribution in [0.2, 0.25) is 0 Å². The highest BCUT2D eigenvalue weighted by molar-refractivity contribution is 5.92. The molecule has 1 aromatic carbocycles. The van der Waals surface area contributed by atoms with E-state index in [4.69, 9.17) is 0 Å². The van der Waals surface area contributed by atoms with Gasteiger partial charge in [0.2, 0.25) is 0 Å². The van der Waals surface area contributed by atoms with Gasteiger partial charge in [0.15, 0.2) is 5.78 Å². The number of aromatic nitrogens is 2. The molecule has 3 saturated heterocycles. The maximum absolute atomic E-state index is 13.7. The van der Waals surface area contributed by atoms with Crippen molar-refractivity contribution >= 4 is 17.5 Å². The fourth-order valence-corrected chi connectivity index (χ4v) is 5.95. The van der Waals surface area contributed by atoms with Gasteiger partial charge in [-0.15, -0.1) is 0 Å². The Balaban J connectivity index is 1.23. The van der Waals surface area contributed by atoms with E-state index >= 15 is 0 Å². The van der Waals surface area contributed by atoms with Gasteiger partial charge in [0.25, 0.3) is 0 Å². The molecule has 11 heteroatoms. The number of alkyl halides is 4. The molecule has 3 aliphatic heterocycles. The number of likely N-dealkylation sites (tertiary alicyclic amines) is 2. The summed E-state index contributed by atoms with van der Waals surface area (Å²) < 4.78 is 55.3. The van der Waals surface area contributed by atoms with Gasteiger partial charge in [-0.2, -0.15) is 23.0 Å². The largest absolute Gasteiger partial charge is 0.416 e. The van der Waals surface area contributed by atoms with Crippen LogP contribution in [0.3, 0.4) is 0 Å². The number of carbonyl (C=O) groups is 2. The van der Waals surface area contributed by atoms with Crippen molar-refractivity contribution in [2.75, 3.05) is 44.2 Å². The minimum atomic E-state index is -4.43. The molecule has 206 valence electrons. The molecule has 1 aromatic heterocycles. The first-order chi connectivity index (χ1) is 18.0. The lowest BCUT2D eigenvalue weighted by Gasteiger charge is -2.40. The first kappa shape index (κ1) is 26.6. The smallest absolute Gasteiger partial charge is 0.371 e. The summed E-state index contributed by atoms with van der Waals surface area (Å²) in [6, 6.07) is 5.23. The van der Waals surface area contributed by atoms with Gasteiger partial charge >= 0.3 is 12.2 Å². The van der Waals surface area contributed by atoms with Gasteiger partial charge in [-0.05, 0) is 74.4 Å². The molecule has 0 radical (unpaired) electrons. The van der Waals surface area contributed by atoms with Crippen LogP contribution in [0.4, 0.5) is 28.0 Å². The molecule has 3 fully saturated rings. The third-order valence-electron chi connectivity index (χ3n) is 8.34. The zero-order valence-corrected chi connectivity index (χ0v) is 21.5. The topological polar surface area (TPSA) is 61.7 Å². The molecule has 0 aliphatic carbocycles. The Morgan fingerprint density at radius 3 is 2.34 bits per heavy atom. The van der Waals surface area contributed by atoms with Crippen molar-refractivity contribution in [2.24, 2.45) is 5.41 Å². The standard InChI is InChI=1S/C27H33F4N5O2/c1-19(37)23-6-12-36(32-23)25(38)35-15-9-26(18-35)7-13-33(14-8-26)17-20-2-3-21(27(29,30)31)16-24(20)34-10-4-22(28)5-11-34/h2-3,6,12,16,22H,4-5,7-11,13-15,17-18H2,1H3. The fourth-order valence-electron chi connectivity index (χ4n) is 5.95. The van der Waals surface area contributed by atoms with E-state index in [2.05, 4.69) is 10.00 Å². The quantitative estimate of drug-likeness (QED) is 0.408. The lowest BCUT2D eigenvalue weighted by molar-refractivity contribution is -0.137. The number of rotatable bonds is 4. The van der Waals surface area contributed by atoms with Crippen molar-refractivity contribution in [1.29, 1.82) is 0 Å². The minimum absolute atomic E-state index is 0.00863. The Morgan fingerprint density at radius 1 is 1.03 bits per heavy atom. The SMILES string of the molecule is CC(=O)c1ccn(C(=O)N2CCC3(CCN(Cc4ccc(C(F)(F)F)cc4N4CCC(F)CC4)CC3)C2)n1. The number of halogens is 4. The number of carbonyl (C=O) groups excluding carboxylic acids is 2. The summed E-state index contributed by atoms with van der Waals surface area (Å²) in [7, 11) is 0. The van der Waals surface area contributed by atoms with E-state index in [0.717, 1.165) is 44.0 Å². The molecule has 0 atom stereocenters. The molecule has 1 spiro atoms. The van der Waals surface area contributed by atoms with E-state index in [1.807, 2.05) is 4.90 Å². The van der Waals surface area contributed by atoms with E-state index in [9.17, 15) is 27.2 Å². The van der Waals surface area contributed by atoms with Crippen molar-refractivity contribution in [2.45, 2.75) is 57.9 Å². The monoisotopic (exact) mass is 535 g/mol. The van der Waals surface area contributed by atoms with Crippen molar-refractivity contribution in [3.63, 3.8) is 0 Å². The molecule has 0 unspecified atom stereocenters. The average Bonchev–Trinajstić information content (AvgIpc) is 3.54. The lowest BCUT2D eigenvalue weighted by Crippen LogP contribution is -2.43. The molecule has 0 saturated carbocycles. The zero-order valence-electron chi connectivity index (χ0n) is 21.5. The van der Waals surface area contributed by atoms with Crippen LogP contribution in [0.15, 0.2) is 30.5 Å². The van der Waals surface area contributed by atoms with Crippen LogP contribution >= 0.6 is 0 Å². The molecule has 0 bridgehead atoms. The Bertz CT molecular complexity index is 1180. The first-order valence-electron chi connectivity index (χ1n) is 13.2. The van der Waals surface area contributed by atoms with Crippen molar-refractivity contribution in [3.05, 3.63) is 47.3 Å². The number of amides is 1. The molecular weight excluding hydrogens is 502 g/mol. The van der Waals surface area contributed by atoms with Crippen molar-refractivity contribution in [1.82, 2.24) is 19.6 Å². The van der Waals surface area contributed by atoms with E-state index in [0.29, 0.717) is 51.3 Å². The number of ketones is 1. The first-order valence-corrected chi connectivity index (χ1v) is 13.2. The van der Waals surface area contributed by atoms with Gasteiger partial charge in [-0.25, -0.2) is 9.18 Å². The van der Waals surface area contributed by atoms with Gasteiger partial charge in [-0.3, -0.25) is 9.69 Å². The number of anilines is 1. The van der Waals surface area contributed by atoms with Crippen LogP contribution in [0.25, 0.3) is 0 Å². The predicted octanol–water partition coefficient (Wildman–Crippen LogP) is 5.00. The Morgan fingerprint density at radius 2 is 1.71 bits per heavy atom. The van der Waals surface area contributed by atoms with Crippen LogP contribution < -0.4 is 4.90 Å². The number of Topliss-reactive ketones (excluding diaryl/α,β-unsaturated/α-hetero) is 1. The van der Waals surface area contributed by atoms with Gasteiger partial charge in [0.05, 0.1) is 5.56 Å². The number of nitrogens with zero attached hydrogens (tertiary/aromatic N) is 5. The summed E-state index contributed by atoms with van der Waals surface area (Å²) in [5, 5.41) is 4.09. The molecule has 1 amide bonds. The summed E-state index contributed by atoms with van der Waals surface area (Å²) in [6.07, 6.45) is -0.506. The average molecular weight is 536 g/mol. The van der Waals surface area contributed by atoms with E-state index in [1.54, 1.807) is 17.0 Å². The molecule has 38 heavy (non-hydrogen) atoms. The van der Waals surface area contributed by atoms with Crippen molar-refractivity contribution in [3.8, 4) is 0 Å². The summed E-state index contributed by atoms with van der Waals surface area (Å²) >= 11 is 0. The lowest BCUT2D eigenvalue weighted by atomic mass is 9.77. The second kappa shape index (κ2) is 10.3. The summed E-state index contributed by atoms with van der Waals surface area (Å²) in [5.74, 6) is -0.190. The van der Waals surface area contributed by atoms with Crippen LogP contribution in [-0.2, 0) is 12.7 Å². The number of hydrogen-bond donors (Lipinski definition) is 0. The third-order valence-corrected chi connectivity index (χ3v) is 8.34. The summed E-state index contributed by atoms with van der Waals surface area (Å²) in [4.78, 5) is 30.4. The zero-order chi connectivity index (χ0) is 27.1. The molecule has 7 nitrogen and oxygen atoms in total. The Hall–Kier alpha value is -2.95. The van der Waals surface area contributed by atoms with E-state index in [-0.39, 0.29) is 22.9 Å². The number of benzene rings is 1. The molecular formula is C27H33F4N5O2. The number of piperidine rings is 2. The fraction of sp³-hybridized carbons (Fsp3) is 0.593. The van der Waals surface area contributed by atoms with Crippen LogP contribution in [0.5, 0.6) is 0 Å². The maximum atomic E-state index is 13.7. The minimum Gasteiger partial charge on any atom is -0.371 e. The molecule has 4 heterocycles. The van der Waals surface area contributed by atoms with Gasteiger partial charge in [0.1, 0.15) is 11.9 Å². The van der Waals surface area contributed by atoms with Gasteiger partial charge < -0.3 is 9.80 Å². The predicted molar refractivity (Wildman–Crippen MR) is 134 cm³/mol. The molecule has 5 rings (SSSR count). The van der Waals surface area contributed by atoms with Crippen LogP contribution in [-0.4, -0.2) is 76.8 Å². The van der Waals surface area contributed by atoms with E-state index in [1.165, 1.54) is 23.9 Å². The van der Waals surface area contributed by atoms with Crippen LogP contribution in [0.1, 0.15) is 60.6 Å². The van der Waals surface area contributed by atoms with Gasteiger partial charge in [-0.1, -0.05) is 6.07 Å². The maximum Gasteiger partial charge on any atom is 0.416 e. The Kier molecular flexibility index (Phi) is 7.23. The summed E-state index contributed by atoms with van der Waals surface area (Å²) in [5.41, 5.74) is 0.967. The van der Waals surface area contributed by atoms with Crippen molar-refractivity contribution < 1.29 is 27.2 Å². The molecule has 2 aromatic rings. The number of hydrogen-bond acceptors (Lipinski definition) is 5. The van der Waals surface area contributed by atoms with Gasteiger partial charge in [0, 0.05) is 51.5 Å². The molecule has 0 N–H and O–H groups in total. The highest BCUT2D eigenvalue weighted by Crippen LogP contribution is 2.41. The highest BCUT2D eigenvalue weighted by atomic mass is 19.4. The van der Waals surface area contributed by atoms with Crippen LogP contribution in [0, 0.1) is 5.41 Å². The third kappa shape index (κ3) is 5.57. The summed E-state index contributed by atoms with van der Waals surface area (Å²) in [6.45, 7) is 5.58. The Labute approximate surface area is 219 Å². The highest BCUT2D eigenvalue weighted by Gasteiger charge is 2.42. The second-order valence-corrected chi connectivity index (χ2v) is 10.9. The normalized spacial score (nSPS) is 20.9. The molecule has 3 aliphatic rings. The van der Waals surface area contributed by atoms with E-state index < -0.39 is 17.9 Å².